The maximum Gasteiger partial charge on any atom is 0.254 e. The van der Waals surface area contributed by atoms with E-state index in [0.717, 1.165) is 12.5 Å². The Kier molecular flexibility index (Phi) is 3.93. The molecule has 1 saturated heterocycles. The molecule has 2 aromatic rings. The first-order chi connectivity index (χ1) is 11.4. The third kappa shape index (κ3) is 2.30. The number of fused-ring (bicyclic) bond motifs is 1. The smallest absolute Gasteiger partial charge is 0.254 e. The highest BCUT2D eigenvalue weighted by molar-refractivity contribution is 5.97. The van der Waals surface area contributed by atoms with Crippen LogP contribution in [0.1, 0.15) is 16.6 Å². The number of aliphatic hydroxyl groups excluding tert-OH is 3. The summed E-state index contributed by atoms with van der Waals surface area (Å²) in [6.45, 7) is -0.535. The molecule has 0 bridgehead atoms. The Morgan fingerprint density at radius 1 is 1.33 bits per heavy atom. The third-order valence-electron chi connectivity index (χ3n) is 3.90. The van der Waals surface area contributed by atoms with E-state index in [9.17, 15) is 24.9 Å². The Balaban J connectivity index is 2.29. The number of hydrogen-bond donors (Lipinski definition) is 5. The van der Waals surface area contributed by atoms with Gasteiger partial charge in [-0.15, -0.1) is 0 Å². The van der Waals surface area contributed by atoms with Gasteiger partial charge in [0, 0.05) is 6.20 Å². The maximum absolute atomic E-state index is 12.4. The first-order valence-electron chi connectivity index (χ1n) is 6.94. The van der Waals surface area contributed by atoms with Crippen LogP contribution in [0.2, 0.25) is 0 Å². The summed E-state index contributed by atoms with van der Waals surface area (Å²) in [4.78, 5) is 31.6. The van der Waals surface area contributed by atoms with Gasteiger partial charge in [0.25, 0.3) is 5.91 Å². The zero-order valence-electron chi connectivity index (χ0n) is 12.2. The van der Waals surface area contributed by atoms with Gasteiger partial charge < -0.3 is 36.1 Å². The van der Waals surface area contributed by atoms with E-state index < -0.39 is 48.0 Å². The number of anilines is 1. The number of nitrogen functional groups attached to an aromatic ring is 1. The van der Waals surface area contributed by atoms with E-state index in [1.807, 2.05) is 0 Å². The van der Waals surface area contributed by atoms with Gasteiger partial charge >= 0.3 is 0 Å². The predicted molar refractivity (Wildman–Crippen MR) is 79.7 cm³/mol. The average molecular weight is 337 g/mol. The minimum Gasteiger partial charge on any atom is -0.394 e. The highest BCUT2D eigenvalue weighted by atomic mass is 16.6. The first-order valence-corrected chi connectivity index (χ1v) is 6.94. The number of hydrogen-bond acceptors (Lipinski definition) is 9. The van der Waals surface area contributed by atoms with Gasteiger partial charge in [0.2, 0.25) is 5.43 Å². The molecule has 1 amide bonds. The summed E-state index contributed by atoms with van der Waals surface area (Å²) in [5.74, 6) is -1.18. The SMILES string of the molecule is NC(=O)c1cn([C@H]2O[C@@H](CO)[C@@H](O)[C@@H]2O)c2ncnc(N)c2c1=O. The number of rotatable bonds is 3. The number of ether oxygens (including phenoxy) is 1. The minimum absolute atomic E-state index is 0.00709. The van der Waals surface area contributed by atoms with Gasteiger partial charge in [0.15, 0.2) is 11.9 Å². The average Bonchev–Trinajstić information content (AvgIpc) is 2.83. The van der Waals surface area contributed by atoms with E-state index in [2.05, 4.69) is 9.97 Å². The summed E-state index contributed by atoms with van der Waals surface area (Å²) in [7, 11) is 0. The highest BCUT2D eigenvalue weighted by Gasteiger charge is 2.44. The molecule has 0 saturated carbocycles. The molecule has 2 aromatic heterocycles. The topological polar surface area (TPSA) is 187 Å². The van der Waals surface area contributed by atoms with Crippen molar-refractivity contribution >= 4 is 22.8 Å². The molecule has 3 rings (SSSR count). The predicted octanol–water partition coefficient (Wildman–Crippen LogP) is -2.92. The molecule has 11 heteroatoms. The van der Waals surface area contributed by atoms with E-state index in [1.165, 1.54) is 4.57 Å². The zero-order valence-corrected chi connectivity index (χ0v) is 12.2. The van der Waals surface area contributed by atoms with Crippen LogP contribution < -0.4 is 16.9 Å². The molecule has 11 nitrogen and oxygen atoms in total. The van der Waals surface area contributed by atoms with Crippen LogP contribution in [0.25, 0.3) is 11.0 Å². The number of carbonyl (C=O) groups is 1. The summed E-state index contributed by atoms with van der Waals surface area (Å²) in [6, 6.07) is 0. The lowest BCUT2D eigenvalue weighted by molar-refractivity contribution is -0.0511. The van der Waals surface area contributed by atoms with E-state index in [1.54, 1.807) is 0 Å². The number of nitrogens with two attached hydrogens (primary N) is 2. The summed E-state index contributed by atoms with van der Waals surface area (Å²) in [6.07, 6.45) is -2.91. The van der Waals surface area contributed by atoms with Gasteiger partial charge in [-0.2, -0.15) is 0 Å². The first kappa shape index (κ1) is 16.3. The second-order valence-corrected chi connectivity index (χ2v) is 5.33. The Hall–Kier alpha value is -2.60. The van der Waals surface area contributed by atoms with Gasteiger partial charge in [-0.1, -0.05) is 0 Å². The molecule has 128 valence electrons. The fourth-order valence-corrected chi connectivity index (χ4v) is 2.68. The van der Waals surface area contributed by atoms with Crippen molar-refractivity contribution in [2.45, 2.75) is 24.5 Å². The van der Waals surface area contributed by atoms with Crippen LogP contribution in [0.5, 0.6) is 0 Å². The van der Waals surface area contributed by atoms with Crippen LogP contribution in [0.3, 0.4) is 0 Å². The molecular formula is C13H15N5O6. The number of nitrogens with zero attached hydrogens (tertiary/aromatic N) is 3. The van der Waals surface area contributed by atoms with Crippen LogP contribution in [-0.2, 0) is 4.74 Å². The minimum atomic E-state index is -1.44. The summed E-state index contributed by atoms with van der Waals surface area (Å²) in [5.41, 5.74) is 9.75. The number of pyridine rings is 1. The monoisotopic (exact) mass is 337 g/mol. The standard InChI is InChI=1S/C13H15N5O6/c14-10-6-7(20)4(11(15)23)1-18(12(6)17-3-16-10)13-9(22)8(21)5(2-19)24-13/h1,3,5,8-9,13,19,21-22H,2H2,(H2,15,23)(H2,14,16,17)/t5-,8+,9-,13-/m0/s1. The normalized spacial score (nSPS) is 26.8. The van der Waals surface area contributed by atoms with Gasteiger partial charge in [-0.3, -0.25) is 9.59 Å². The lowest BCUT2D eigenvalue weighted by atomic mass is 10.1. The Morgan fingerprint density at radius 3 is 2.62 bits per heavy atom. The van der Waals surface area contributed by atoms with Crippen molar-refractivity contribution in [1.29, 1.82) is 0 Å². The molecule has 0 radical (unpaired) electrons. The number of aromatic nitrogens is 3. The van der Waals surface area contributed by atoms with Crippen LogP contribution >= 0.6 is 0 Å². The van der Waals surface area contributed by atoms with Gasteiger partial charge in [0.1, 0.15) is 41.4 Å². The molecule has 1 fully saturated rings. The largest absolute Gasteiger partial charge is 0.394 e. The van der Waals surface area contributed by atoms with Crippen molar-refractivity contribution in [3.05, 3.63) is 28.3 Å². The van der Waals surface area contributed by atoms with Crippen molar-refractivity contribution in [1.82, 2.24) is 14.5 Å². The molecule has 0 unspecified atom stereocenters. The third-order valence-corrected chi connectivity index (χ3v) is 3.90. The van der Waals surface area contributed by atoms with Gasteiger partial charge in [-0.05, 0) is 0 Å². The molecule has 0 aliphatic carbocycles. The maximum atomic E-state index is 12.4. The second kappa shape index (κ2) is 5.79. The molecule has 24 heavy (non-hydrogen) atoms. The summed E-state index contributed by atoms with van der Waals surface area (Å²) >= 11 is 0. The molecule has 4 atom stereocenters. The molecule has 1 aliphatic rings. The zero-order chi connectivity index (χ0) is 17.6. The van der Waals surface area contributed by atoms with Crippen molar-refractivity contribution < 1.29 is 24.9 Å². The van der Waals surface area contributed by atoms with Crippen LogP contribution in [0.4, 0.5) is 5.82 Å². The Morgan fingerprint density at radius 2 is 2.04 bits per heavy atom. The highest BCUT2D eigenvalue weighted by Crippen LogP contribution is 2.31. The summed E-state index contributed by atoms with van der Waals surface area (Å²) < 4.78 is 6.57. The number of amides is 1. The molecule has 3 heterocycles. The second-order valence-electron chi connectivity index (χ2n) is 5.33. The molecule has 7 N–H and O–H groups in total. The molecule has 0 aromatic carbocycles. The van der Waals surface area contributed by atoms with E-state index in [4.69, 9.17) is 16.2 Å². The van der Waals surface area contributed by atoms with Crippen LogP contribution in [0.15, 0.2) is 17.3 Å². The Bertz CT molecular complexity index is 868. The number of carbonyl (C=O) groups excluding carboxylic acids is 1. The number of primary amides is 1. The quantitative estimate of drug-likeness (QED) is 0.391. The number of aliphatic hydroxyl groups is 3. The fraction of sp³-hybridized carbons (Fsp3) is 0.385. The molecule has 1 aliphatic heterocycles. The van der Waals surface area contributed by atoms with Crippen molar-refractivity contribution in [2.24, 2.45) is 5.73 Å². The molecule has 0 spiro atoms. The molecular weight excluding hydrogens is 322 g/mol. The van der Waals surface area contributed by atoms with Crippen molar-refractivity contribution in [3.8, 4) is 0 Å². The van der Waals surface area contributed by atoms with E-state index >= 15 is 0 Å². The van der Waals surface area contributed by atoms with Crippen molar-refractivity contribution in [2.75, 3.05) is 12.3 Å². The van der Waals surface area contributed by atoms with E-state index in [0.29, 0.717) is 0 Å². The lowest BCUT2D eigenvalue weighted by Crippen LogP contribution is -2.34. The Labute approximate surface area is 134 Å². The van der Waals surface area contributed by atoms with Gasteiger partial charge in [-0.25, -0.2) is 9.97 Å². The van der Waals surface area contributed by atoms with Crippen LogP contribution in [-0.4, -0.2) is 60.7 Å². The van der Waals surface area contributed by atoms with E-state index in [-0.39, 0.29) is 16.9 Å². The van der Waals surface area contributed by atoms with Crippen LogP contribution in [0, 0.1) is 0 Å². The van der Waals surface area contributed by atoms with Gasteiger partial charge in [0.05, 0.1) is 6.61 Å². The summed E-state index contributed by atoms with van der Waals surface area (Å²) in [5, 5.41) is 29.1. The lowest BCUT2D eigenvalue weighted by Gasteiger charge is -2.21. The fourth-order valence-electron chi connectivity index (χ4n) is 2.68. The van der Waals surface area contributed by atoms with Crippen molar-refractivity contribution in [3.63, 3.8) is 0 Å².